The van der Waals surface area contributed by atoms with E-state index in [0.717, 1.165) is 31.5 Å². The second kappa shape index (κ2) is 6.36. The Bertz CT molecular complexity index is 445. The molecular weight excluding hydrogens is 238 g/mol. The van der Waals surface area contributed by atoms with Gasteiger partial charge in [-0.1, -0.05) is 12.1 Å². The summed E-state index contributed by atoms with van der Waals surface area (Å²) in [6.45, 7) is 6.29. The summed E-state index contributed by atoms with van der Waals surface area (Å²) in [5, 5.41) is 3.98. The van der Waals surface area contributed by atoms with Gasteiger partial charge in [-0.05, 0) is 44.4 Å². The highest BCUT2D eigenvalue weighted by atomic mass is 16.2. The van der Waals surface area contributed by atoms with E-state index in [-0.39, 0.29) is 11.8 Å². The molecular formula is C15H21N3O. The minimum Gasteiger partial charge on any atom is -0.372 e. The van der Waals surface area contributed by atoms with Crippen molar-refractivity contribution in [1.29, 1.82) is 0 Å². The molecule has 0 unspecified atom stereocenters. The highest BCUT2D eigenvalue weighted by Gasteiger charge is 2.29. The number of rotatable bonds is 6. The molecule has 1 aliphatic rings. The summed E-state index contributed by atoms with van der Waals surface area (Å²) in [5.74, 6) is 0.234. The molecule has 4 nitrogen and oxygen atoms in total. The lowest BCUT2D eigenvalue weighted by molar-refractivity contribution is -0.122. The lowest BCUT2D eigenvalue weighted by Crippen LogP contribution is -2.21. The summed E-state index contributed by atoms with van der Waals surface area (Å²) < 4.78 is 0. The van der Waals surface area contributed by atoms with Gasteiger partial charge in [-0.2, -0.15) is 5.10 Å². The third-order valence-corrected chi connectivity index (χ3v) is 3.36. The number of carbonyl (C=O) groups excluding carboxylic acids is 1. The molecule has 0 heterocycles. The molecule has 0 spiro atoms. The first-order valence-corrected chi connectivity index (χ1v) is 6.92. The predicted molar refractivity (Wildman–Crippen MR) is 78.5 cm³/mol. The third-order valence-electron chi connectivity index (χ3n) is 3.36. The summed E-state index contributed by atoms with van der Waals surface area (Å²) in [5.41, 5.74) is 4.78. The Balaban J connectivity index is 1.90. The smallest absolute Gasteiger partial charge is 0.243 e. The fourth-order valence-corrected chi connectivity index (χ4v) is 1.97. The Morgan fingerprint density at radius 2 is 1.95 bits per heavy atom. The number of carbonyl (C=O) groups is 1. The van der Waals surface area contributed by atoms with Crippen LogP contribution in [0.5, 0.6) is 0 Å². The molecule has 0 saturated heterocycles. The van der Waals surface area contributed by atoms with Crippen LogP contribution >= 0.6 is 0 Å². The molecule has 0 aromatic heterocycles. The molecule has 0 radical (unpaired) electrons. The molecule has 102 valence electrons. The van der Waals surface area contributed by atoms with Gasteiger partial charge < -0.3 is 4.90 Å². The Kier molecular flexibility index (Phi) is 4.55. The van der Waals surface area contributed by atoms with Crippen LogP contribution < -0.4 is 10.3 Å². The van der Waals surface area contributed by atoms with E-state index in [1.165, 1.54) is 5.69 Å². The zero-order valence-corrected chi connectivity index (χ0v) is 11.6. The molecule has 2 rings (SSSR count). The lowest BCUT2D eigenvalue weighted by Gasteiger charge is -2.20. The zero-order chi connectivity index (χ0) is 13.7. The molecule has 1 saturated carbocycles. The van der Waals surface area contributed by atoms with E-state index in [9.17, 15) is 4.79 Å². The number of nitrogens with one attached hydrogen (secondary N) is 1. The average molecular weight is 259 g/mol. The number of hydrazone groups is 1. The fraction of sp³-hybridized carbons (Fsp3) is 0.467. The molecule has 1 N–H and O–H groups in total. The van der Waals surface area contributed by atoms with Crippen molar-refractivity contribution in [3.63, 3.8) is 0 Å². The van der Waals surface area contributed by atoms with E-state index in [0.29, 0.717) is 0 Å². The van der Waals surface area contributed by atoms with E-state index < -0.39 is 0 Å². The standard InChI is InChI=1S/C15H21N3O/c1-3-18(4-2)14-9-5-12(6-10-14)11-16-17-15(19)13-7-8-13/h5-6,9-11,13H,3-4,7-8H2,1-2H3,(H,17,19)/b16-11-. The van der Waals surface area contributed by atoms with Gasteiger partial charge in [-0.25, -0.2) is 5.43 Å². The maximum atomic E-state index is 11.4. The highest BCUT2D eigenvalue weighted by molar-refractivity contribution is 5.84. The monoisotopic (exact) mass is 259 g/mol. The van der Waals surface area contributed by atoms with Crippen molar-refractivity contribution in [3.8, 4) is 0 Å². The Morgan fingerprint density at radius 1 is 1.32 bits per heavy atom. The van der Waals surface area contributed by atoms with E-state index in [4.69, 9.17) is 0 Å². The summed E-state index contributed by atoms with van der Waals surface area (Å²) >= 11 is 0. The first-order chi connectivity index (χ1) is 9.24. The molecule has 1 fully saturated rings. The largest absolute Gasteiger partial charge is 0.372 e. The Labute approximate surface area is 114 Å². The van der Waals surface area contributed by atoms with Crippen molar-refractivity contribution in [3.05, 3.63) is 29.8 Å². The van der Waals surface area contributed by atoms with Gasteiger partial charge in [0.2, 0.25) is 5.91 Å². The van der Waals surface area contributed by atoms with Gasteiger partial charge in [0.15, 0.2) is 0 Å². The van der Waals surface area contributed by atoms with Crippen LogP contribution in [-0.2, 0) is 4.79 Å². The predicted octanol–water partition coefficient (Wildman–Crippen LogP) is 2.39. The van der Waals surface area contributed by atoms with E-state index in [1.807, 2.05) is 12.1 Å². The molecule has 1 amide bonds. The van der Waals surface area contributed by atoms with Gasteiger partial charge in [0, 0.05) is 24.7 Å². The molecule has 4 heteroatoms. The summed E-state index contributed by atoms with van der Waals surface area (Å²) in [4.78, 5) is 13.7. The average Bonchev–Trinajstić information content (AvgIpc) is 3.26. The topological polar surface area (TPSA) is 44.7 Å². The molecule has 1 aromatic carbocycles. The number of benzene rings is 1. The van der Waals surface area contributed by atoms with Crippen molar-refractivity contribution >= 4 is 17.8 Å². The van der Waals surface area contributed by atoms with E-state index in [2.05, 4.69) is 41.4 Å². The molecule has 1 aliphatic carbocycles. The number of hydrogen-bond acceptors (Lipinski definition) is 3. The van der Waals surface area contributed by atoms with Gasteiger partial charge in [0.25, 0.3) is 0 Å². The van der Waals surface area contributed by atoms with Crippen molar-refractivity contribution in [2.24, 2.45) is 11.0 Å². The van der Waals surface area contributed by atoms with E-state index >= 15 is 0 Å². The normalized spacial score (nSPS) is 14.6. The van der Waals surface area contributed by atoms with Gasteiger partial charge in [0.1, 0.15) is 0 Å². The quantitative estimate of drug-likeness (QED) is 0.630. The minimum atomic E-state index is 0.0380. The summed E-state index contributed by atoms with van der Waals surface area (Å²) in [7, 11) is 0. The maximum Gasteiger partial charge on any atom is 0.243 e. The molecule has 0 bridgehead atoms. The SMILES string of the molecule is CCN(CC)c1ccc(/C=N\NC(=O)C2CC2)cc1. The number of hydrogen-bond donors (Lipinski definition) is 1. The first-order valence-electron chi connectivity index (χ1n) is 6.92. The molecule has 1 aromatic rings. The van der Waals surface area contributed by atoms with Crippen LogP contribution in [0, 0.1) is 5.92 Å². The zero-order valence-electron chi connectivity index (χ0n) is 11.6. The second-order valence-electron chi connectivity index (χ2n) is 4.77. The van der Waals surface area contributed by atoms with Crippen LogP contribution in [0.25, 0.3) is 0 Å². The molecule has 0 atom stereocenters. The fourth-order valence-electron chi connectivity index (χ4n) is 1.97. The van der Waals surface area contributed by atoms with Crippen LogP contribution in [0.4, 0.5) is 5.69 Å². The van der Waals surface area contributed by atoms with Crippen LogP contribution in [0.15, 0.2) is 29.4 Å². The Hall–Kier alpha value is -1.84. The minimum absolute atomic E-state index is 0.0380. The van der Waals surface area contributed by atoms with E-state index in [1.54, 1.807) is 6.21 Å². The second-order valence-corrected chi connectivity index (χ2v) is 4.77. The molecule has 19 heavy (non-hydrogen) atoms. The van der Waals surface area contributed by atoms with Gasteiger partial charge in [-0.15, -0.1) is 0 Å². The van der Waals surface area contributed by atoms with Crippen molar-refractivity contribution in [2.45, 2.75) is 26.7 Å². The lowest BCUT2D eigenvalue weighted by atomic mass is 10.2. The number of amides is 1. The van der Waals surface area contributed by atoms with Crippen LogP contribution in [0.2, 0.25) is 0 Å². The van der Waals surface area contributed by atoms with Crippen LogP contribution in [0.1, 0.15) is 32.3 Å². The summed E-state index contributed by atoms with van der Waals surface area (Å²) in [6.07, 6.45) is 3.69. The van der Waals surface area contributed by atoms with Crippen molar-refractivity contribution < 1.29 is 4.79 Å². The first kappa shape index (κ1) is 13.6. The Morgan fingerprint density at radius 3 is 2.47 bits per heavy atom. The molecule has 0 aliphatic heterocycles. The highest BCUT2D eigenvalue weighted by Crippen LogP contribution is 2.28. The maximum absolute atomic E-state index is 11.4. The number of anilines is 1. The van der Waals surface area contributed by atoms with Crippen molar-refractivity contribution in [1.82, 2.24) is 5.43 Å². The van der Waals surface area contributed by atoms with Gasteiger partial charge in [-0.3, -0.25) is 4.79 Å². The van der Waals surface area contributed by atoms with Gasteiger partial charge in [0.05, 0.1) is 6.21 Å². The van der Waals surface area contributed by atoms with Crippen LogP contribution in [0.3, 0.4) is 0 Å². The van der Waals surface area contributed by atoms with Gasteiger partial charge >= 0.3 is 0 Å². The summed E-state index contributed by atoms with van der Waals surface area (Å²) in [6, 6.07) is 8.19. The third kappa shape index (κ3) is 3.81. The number of nitrogens with zero attached hydrogens (tertiary/aromatic N) is 2. The van der Waals surface area contributed by atoms with Crippen LogP contribution in [-0.4, -0.2) is 25.2 Å². The van der Waals surface area contributed by atoms with Crippen molar-refractivity contribution in [2.75, 3.05) is 18.0 Å².